The zero-order valence-electron chi connectivity index (χ0n) is 22.6. The molecule has 0 radical (unpaired) electrons. The zero-order chi connectivity index (χ0) is 27.5. The van der Waals surface area contributed by atoms with Crippen molar-refractivity contribution in [2.45, 2.75) is 13.0 Å². The number of aryl methyl sites for hydroxylation is 2. The van der Waals surface area contributed by atoms with Crippen LogP contribution in [-0.4, -0.2) is 81.9 Å². The number of aromatic nitrogens is 2. The van der Waals surface area contributed by atoms with E-state index < -0.39 is 11.9 Å². The van der Waals surface area contributed by atoms with Gasteiger partial charge >= 0.3 is 0 Å². The Bertz CT molecular complexity index is 1480. The van der Waals surface area contributed by atoms with E-state index >= 15 is 0 Å². The summed E-state index contributed by atoms with van der Waals surface area (Å²) in [6.45, 7) is 3.69. The van der Waals surface area contributed by atoms with Gasteiger partial charge in [-0.25, -0.2) is 4.98 Å². The van der Waals surface area contributed by atoms with Crippen LogP contribution in [0, 0.1) is 6.92 Å². The van der Waals surface area contributed by atoms with Crippen molar-refractivity contribution in [3.8, 4) is 11.3 Å². The Hall–Kier alpha value is -3.92. The average Bonchev–Trinajstić information content (AvgIpc) is 3.27. The van der Waals surface area contributed by atoms with Crippen molar-refractivity contribution in [2.24, 2.45) is 7.05 Å². The molecule has 3 heterocycles. The van der Waals surface area contributed by atoms with E-state index in [4.69, 9.17) is 0 Å². The summed E-state index contributed by atoms with van der Waals surface area (Å²) in [5.74, 6) is 0.342. The third kappa shape index (κ3) is 5.67. The first-order chi connectivity index (χ1) is 18.9. The van der Waals surface area contributed by atoms with Crippen molar-refractivity contribution in [3.05, 3.63) is 83.6 Å². The Kier molecular flexibility index (Phi) is 9.09. The molecule has 0 atom stereocenters. The fraction of sp³-hybridized carbons (Fsp3) is 0.300. The third-order valence-corrected chi connectivity index (χ3v) is 7.29. The lowest BCUT2D eigenvalue weighted by Crippen LogP contribution is -2.49. The van der Waals surface area contributed by atoms with Gasteiger partial charge in [0, 0.05) is 50.3 Å². The maximum Gasteiger partial charge on any atom is 0.256 e. The normalized spacial score (nSPS) is 13.4. The molecule has 1 fully saturated rings. The van der Waals surface area contributed by atoms with Gasteiger partial charge < -0.3 is 29.9 Å². The van der Waals surface area contributed by atoms with E-state index in [2.05, 4.69) is 38.0 Å². The highest BCUT2D eigenvalue weighted by atomic mass is 35.5. The van der Waals surface area contributed by atoms with Crippen molar-refractivity contribution in [3.63, 3.8) is 0 Å². The Labute approximate surface area is 239 Å². The number of benzene rings is 2. The summed E-state index contributed by atoms with van der Waals surface area (Å²) in [6, 6.07) is 19.0. The minimum absolute atomic E-state index is 0. The summed E-state index contributed by atoms with van der Waals surface area (Å²) in [7, 11) is 2.01. The van der Waals surface area contributed by atoms with E-state index in [1.54, 1.807) is 12.1 Å². The molecular weight excluding hydrogens is 530 g/mol. The highest BCUT2D eigenvalue weighted by Gasteiger charge is 2.29. The van der Waals surface area contributed by atoms with E-state index in [0.29, 0.717) is 31.7 Å². The Morgan fingerprint density at radius 3 is 2.30 bits per heavy atom. The summed E-state index contributed by atoms with van der Waals surface area (Å²) in [6.07, 6.45) is 1.48. The molecule has 10 heteroatoms. The van der Waals surface area contributed by atoms with Gasteiger partial charge in [0.2, 0.25) is 0 Å². The van der Waals surface area contributed by atoms with Gasteiger partial charge in [0.05, 0.1) is 36.1 Å². The largest absolute Gasteiger partial charge is 0.394 e. The second kappa shape index (κ2) is 12.5. The van der Waals surface area contributed by atoms with Gasteiger partial charge in [-0.05, 0) is 36.8 Å². The molecule has 210 valence electrons. The molecule has 0 bridgehead atoms. The maximum atomic E-state index is 14.0. The lowest BCUT2D eigenvalue weighted by atomic mass is 10.0. The van der Waals surface area contributed by atoms with Crippen LogP contribution < -0.4 is 10.2 Å². The van der Waals surface area contributed by atoms with Gasteiger partial charge in [0.1, 0.15) is 5.82 Å². The molecule has 1 aliphatic rings. The minimum Gasteiger partial charge on any atom is -0.394 e. The van der Waals surface area contributed by atoms with E-state index in [1.165, 1.54) is 6.20 Å². The van der Waals surface area contributed by atoms with Gasteiger partial charge in [-0.15, -0.1) is 12.4 Å². The molecule has 4 aromatic rings. The topological polar surface area (TPSA) is 111 Å². The molecule has 2 aromatic carbocycles. The molecule has 1 aliphatic heterocycles. The van der Waals surface area contributed by atoms with E-state index in [9.17, 15) is 19.8 Å². The zero-order valence-corrected chi connectivity index (χ0v) is 23.4. The van der Waals surface area contributed by atoms with Crippen LogP contribution in [0.2, 0.25) is 0 Å². The Balaban J connectivity index is 0.00000370. The average molecular weight is 564 g/mol. The van der Waals surface area contributed by atoms with Crippen molar-refractivity contribution in [1.29, 1.82) is 0 Å². The third-order valence-electron chi connectivity index (χ3n) is 7.29. The van der Waals surface area contributed by atoms with Gasteiger partial charge in [0.25, 0.3) is 11.8 Å². The lowest BCUT2D eigenvalue weighted by Gasteiger charge is -2.35. The lowest BCUT2D eigenvalue weighted by molar-refractivity contribution is 0.0748. The molecule has 40 heavy (non-hydrogen) atoms. The summed E-state index contributed by atoms with van der Waals surface area (Å²) < 4.78 is 2.11. The molecule has 1 saturated heterocycles. The number of aliphatic hydroxyl groups is 2. The van der Waals surface area contributed by atoms with Gasteiger partial charge in [0.15, 0.2) is 0 Å². The van der Waals surface area contributed by atoms with Crippen LogP contribution in [-0.2, 0) is 7.05 Å². The van der Waals surface area contributed by atoms with Crippen LogP contribution in [0.5, 0.6) is 0 Å². The molecule has 2 amide bonds. The molecular formula is C30H34ClN5O4. The van der Waals surface area contributed by atoms with Crippen LogP contribution in [0.25, 0.3) is 22.2 Å². The summed E-state index contributed by atoms with van der Waals surface area (Å²) >= 11 is 0. The molecule has 0 spiro atoms. The number of amides is 2. The number of piperazine rings is 1. The number of rotatable bonds is 7. The van der Waals surface area contributed by atoms with Crippen molar-refractivity contribution < 1.29 is 19.8 Å². The fourth-order valence-corrected chi connectivity index (χ4v) is 5.13. The standard InChI is InChI=1S/C30H33N5O4.ClH/c1-20-8-10-25-24(16-20)27(28(33(25)2)21-6-4-3-5-7-21)30(39)35-14-12-34(13-15-35)26-11-9-22(17-31-26)29(38)32-23(18-36)19-37;/h3-11,16-17,23,36-37H,12-15,18-19H2,1-2H3,(H,32,38);1H. The number of anilines is 1. The fourth-order valence-electron chi connectivity index (χ4n) is 5.13. The minimum atomic E-state index is -0.712. The summed E-state index contributed by atoms with van der Waals surface area (Å²) in [5, 5.41) is 21.9. The number of hydrogen-bond acceptors (Lipinski definition) is 6. The first-order valence-electron chi connectivity index (χ1n) is 13.1. The van der Waals surface area contributed by atoms with Gasteiger partial charge in [-0.3, -0.25) is 9.59 Å². The number of nitrogens with one attached hydrogen (secondary N) is 1. The Morgan fingerprint density at radius 2 is 1.68 bits per heavy atom. The summed E-state index contributed by atoms with van der Waals surface area (Å²) in [5.41, 5.74) is 5.14. The number of carbonyl (C=O) groups is 2. The van der Waals surface area contributed by atoms with Gasteiger partial charge in [-0.2, -0.15) is 0 Å². The maximum absolute atomic E-state index is 14.0. The monoisotopic (exact) mass is 563 g/mol. The molecule has 3 N–H and O–H groups in total. The number of nitrogens with zero attached hydrogens (tertiary/aromatic N) is 4. The first kappa shape index (κ1) is 29.1. The predicted molar refractivity (Wildman–Crippen MR) is 158 cm³/mol. The smallest absolute Gasteiger partial charge is 0.256 e. The van der Waals surface area contributed by atoms with Crippen LogP contribution >= 0.6 is 12.4 Å². The quantitative estimate of drug-likeness (QED) is 0.319. The van der Waals surface area contributed by atoms with Crippen LogP contribution in [0.1, 0.15) is 26.3 Å². The van der Waals surface area contributed by atoms with E-state index in [-0.39, 0.29) is 31.5 Å². The SMILES string of the molecule is Cc1ccc2c(c1)c(C(=O)N1CCN(c3ccc(C(=O)NC(CO)CO)cn3)CC1)c(-c1ccccc1)n2C.Cl. The molecule has 0 aliphatic carbocycles. The molecule has 0 saturated carbocycles. The molecule has 9 nitrogen and oxygen atoms in total. The van der Waals surface area contributed by atoms with Crippen molar-refractivity contribution in [2.75, 3.05) is 44.3 Å². The van der Waals surface area contributed by atoms with Crippen molar-refractivity contribution in [1.82, 2.24) is 19.8 Å². The molecule has 0 unspecified atom stereocenters. The highest BCUT2D eigenvalue weighted by Crippen LogP contribution is 2.35. The van der Waals surface area contributed by atoms with Gasteiger partial charge in [-0.1, -0.05) is 42.0 Å². The highest BCUT2D eigenvalue weighted by molar-refractivity contribution is 6.13. The second-order valence-corrected chi connectivity index (χ2v) is 9.89. The number of hydrogen-bond donors (Lipinski definition) is 3. The first-order valence-corrected chi connectivity index (χ1v) is 13.1. The van der Waals surface area contributed by atoms with Crippen LogP contribution in [0.3, 0.4) is 0 Å². The molecule has 2 aromatic heterocycles. The van der Waals surface area contributed by atoms with E-state index in [0.717, 1.165) is 39.1 Å². The number of pyridine rings is 1. The number of halogens is 1. The predicted octanol–water partition coefficient (Wildman–Crippen LogP) is 3.02. The number of fused-ring (bicyclic) bond motifs is 1. The number of aliphatic hydroxyl groups excluding tert-OH is 2. The summed E-state index contributed by atoms with van der Waals surface area (Å²) in [4.78, 5) is 34.8. The number of carbonyl (C=O) groups excluding carboxylic acids is 2. The second-order valence-electron chi connectivity index (χ2n) is 9.89. The van der Waals surface area contributed by atoms with Crippen LogP contribution in [0.4, 0.5) is 5.82 Å². The Morgan fingerprint density at radius 1 is 0.975 bits per heavy atom. The van der Waals surface area contributed by atoms with E-state index in [1.807, 2.05) is 49.2 Å². The molecule has 5 rings (SSSR count). The van der Waals surface area contributed by atoms with Crippen LogP contribution in [0.15, 0.2) is 66.9 Å². The van der Waals surface area contributed by atoms with Crippen molar-refractivity contribution >= 4 is 40.9 Å².